The Morgan fingerprint density at radius 1 is 1.07 bits per heavy atom. The van der Waals surface area contributed by atoms with Crippen molar-refractivity contribution >= 4 is 28.5 Å². The fourth-order valence-corrected chi connectivity index (χ4v) is 4.19. The number of nitrogens with zero attached hydrogens (tertiary/aromatic N) is 2. The lowest BCUT2D eigenvalue weighted by molar-refractivity contribution is 0.0303. The lowest BCUT2D eigenvalue weighted by atomic mass is 9.86. The minimum Gasteiger partial charge on any atom is -0.465 e. The summed E-state index contributed by atoms with van der Waals surface area (Å²) in [5.74, 6) is 0.913. The molecule has 1 fully saturated rings. The van der Waals surface area contributed by atoms with Gasteiger partial charge in [-0.25, -0.2) is 4.98 Å². The molecule has 1 aliphatic heterocycles. The first-order chi connectivity index (χ1) is 13.8. The van der Waals surface area contributed by atoms with Gasteiger partial charge >= 0.3 is 0 Å². The van der Waals surface area contributed by atoms with Crippen molar-refractivity contribution in [3.8, 4) is 0 Å². The monoisotopic (exact) mass is 374 g/mol. The fourth-order valence-electron chi connectivity index (χ4n) is 4.19. The number of benzene rings is 1. The zero-order valence-corrected chi connectivity index (χ0v) is 15.7. The Labute approximate surface area is 163 Å². The first-order valence-electron chi connectivity index (χ1n) is 9.84. The second-order valence-electron chi connectivity index (χ2n) is 7.27. The van der Waals surface area contributed by atoms with E-state index in [1.54, 1.807) is 6.26 Å². The fraction of sp³-hybridized carbons (Fsp3) is 0.304. The van der Waals surface area contributed by atoms with E-state index in [0.29, 0.717) is 26.3 Å². The van der Waals surface area contributed by atoms with E-state index in [4.69, 9.17) is 14.1 Å². The highest BCUT2D eigenvalue weighted by Crippen LogP contribution is 2.36. The van der Waals surface area contributed by atoms with E-state index in [-0.39, 0.29) is 5.91 Å². The van der Waals surface area contributed by atoms with Crippen LogP contribution in [0.2, 0.25) is 0 Å². The number of furan rings is 1. The van der Waals surface area contributed by atoms with Crippen LogP contribution in [0.5, 0.6) is 0 Å². The Bertz CT molecular complexity index is 1050. The van der Waals surface area contributed by atoms with Gasteiger partial charge in [0.15, 0.2) is 0 Å². The summed E-state index contributed by atoms with van der Waals surface area (Å²) in [6.07, 6.45) is 6.54. The first-order valence-corrected chi connectivity index (χ1v) is 9.84. The molecule has 3 aromatic rings. The smallest absolute Gasteiger partial charge is 0.255 e. The topological polar surface area (TPSA) is 55.6 Å². The summed E-state index contributed by atoms with van der Waals surface area (Å²) in [5.41, 5.74) is 4.83. The number of amides is 1. The number of hydrogen-bond donors (Lipinski definition) is 0. The standard InChI is InChI=1S/C23H22N2O3/c26-23(25-10-13-27-14-11-25)21-18-7-1-2-9-20(18)24-22-16(5-3-8-19(21)22)15-17-6-4-12-28-17/h1-2,4,6-7,9,12,15H,3,5,8,10-11,13-14H2. The normalized spacial score (nSPS) is 18.4. The highest BCUT2D eigenvalue weighted by Gasteiger charge is 2.28. The van der Waals surface area contributed by atoms with Crippen LogP contribution in [0, 0.1) is 0 Å². The van der Waals surface area contributed by atoms with Crippen molar-refractivity contribution in [1.29, 1.82) is 0 Å². The van der Waals surface area contributed by atoms with Gasteiger partial charge < -0.3 is 14.1 Å². The Morgan fingerprint density at radius 2 is 1.93 bits per heavy atom. The molecule has 5 nitrogen and oxygen atoms in total. The summed E-state index contributed by atoms with van der Waals surface area (Å²) in [5, 5.41) is 0.942. The largest absolute Gasteiger partial charge is 0.465 e. The predicted molar refractivity (Wildman–Crippen MR) is 108 cm³/mol. The van der Waals surface area contributed by atoms with E-state index in [1.807, 2.05) is 41.3 Å². The summed E-state index contributed by atoms with van der Waals surface area (Å²) < 4.78 is 11.0. The highest BCUT2D eigenvalue weighted by molar-refractivity contribution is 6.09. The maximum atomic E-state index is 13.5. The zero-order chi connectivity index (χ0) is 18.9. The van der Waals surface area contributed by atoms with E-state index in [0.717, 1.165) is 58.3 Å². The highest BCUT2D eigenvalue weighted by atomic mass is 16.5. The van der Waals surface area contributed by atoms with E-state index >= 15 is 0 Å². The minimum absolute atomic E-state index is 0.0948. The molecule has 1 aliphatic carbocycles. The summed E-state index contributed by atoms with van der Waals surface area (Å²) >= 11 is 0. The number of hydrogen-bond acceptors (Lipinski definition) is 4. The van der Waals surface area contributed by atoms with Crippen molar-refractivity contribution in [3.05, 3.63) is 65.2 Å². The average Bonchev–Trinajstić information content (AvgIpc) is 3.26. The molecule has 2 aliphatic rings. The molecule has 142 valence electrons. The third-order valence-electron chi connectivity index (χ3n) is 5.54. The number of pyridine rings is 1. The van der Waals surface area contributed by atoms with Crippen LogP contribution in [0.25, 0.3) is 22.6 Å². The third-order valence-corrected chi connectivity index (χ3v) is 5.54. The molecule has 0 atom stereocenters. The molecule has 0 saturated carbocycles. The van der Waals surface area contributed by atoms with Crippen molar-refractivity contribution in [3.63, 3.8) is 0 Å². The molecule has 1 amide bonds. The van der Waals surface area contributed by atoms with Crippen molar-refractivity contribution in [2.45, 2.75) is 19.3 Å². The SMILES string of the molecule is O=C(c1c2c(nc3ccccc13)C(=Cc1ccco1)CCC2)N1CCOCC1. The number of carbonyl (C=O) groups excluding carboxylic acids is 1. The molecule has 5 rings (SSSR count). The van der Waals surface area contributed by atoms with E-state index < -0.39 is 0 Å². The van der Waals surface area contributed by atoms with Crippen LogP contribution in [0.1, 0.15) is 40.2 Å². The van der Waals surface area contributed by atoms with Crippen LogP contribution in [0.15, 0.2) is 47.1 Å². The number of para-hydroxylation sites is 1. The van der Waals surface area contributed by atoms with Gasteiger partial charge in [-0.3, -0.25) is 4.79 Å². The Balaban J connectivity index is 1.70. The number of ether oxygens (including phenoxy) is 1. The number of fused-ring (bicyclic) bond motifs is 2. The molecule has 2 aromatic heterocycles. The van der Waals surface area contributed by atoms with Crippen molar-refractivity contribution in [2.75, 3.05) is 26.3 Å². The first kappa shape index (κ1) is 17.2. The molecular formula is C23H22N2O3. The number of rotatable bonds is 2. The molecule has 0 radical (unpaired) electrons. The predicted octanol–water partition coefficient (Wildman–Crippen LogP) is 4.18. The van der Waals surface area contributed by atoms with Crippen LogP contribution in [0.4, 0.5) is 0 Å². The molecule has 1 aromatic carbocycles. The van der Waals surface area contributed by atoms with Gasteiger partial charge in [0.25, 0.3) is 5.91 Å². The quantitative estimate of drug-likeness (QED) is 0.675. The van der Waals surface area contributed by atoms with Gasteiger partial charge in [-0.15, -0.1) is 0 Å². The third kappa shape index (κ3) is 3.02. The summed E-state index contributed by atoms with van der Waals surface area (Å²) in [6, 6.07) is 11.8. The van der Waals surface area contributed by atoms with Gasteiger partial charge in [-0.2, -0.15) is 0 Å². The molecule has 28 heavy (non-hydrogen) atoms. The molecule has 0 bridgehead atoms. The van der Waals surface area contributed by atoms with Gasteiger partial charge in [0, 0.05) is 18.5 Å². The van der Waals surface area contributed by atoms with E-state index in [9.17, 15) is 4.79 Å². The maximum absolute atomic E-state index is 13.5. The molecule has 0 N–H and O–H groups in total. The molecule has 3 heterocycles. The second kappa shape index (κ2) is 7.24. The van der Waals surface area contributed by atoms with Crippen LogP contribution in [0.3, 0.4) is 0 Å². The molecule has 0 unspecified atom stereocenters. The number of morpholine rings is 1. The number of allylic oxidation sites excluding steroid dienone is 1. The van der Waals surface area contributed by atoms with Crippen LogP contribution in [-0.2, 0) is 11.2 Å². The van der Waals surface area contributed by atoms with Gasteiger partial charge in [0.2, 0.25) is 0 Å². The zero-order valence-electron chi connectivity index (χ0n) is 15.7. The van der Waals surface area contributed by atoms with Crippen molar-refractivity contribution in [1.82, 2.24) is 9.88 Å². The molecule has 0 spiro atoms. The van der Waals surface area contributed by atoms with Gasteiger partial charge in [0.1, 0.15) is 5.76 Å². The molecule has 1 saturated heterocycles. The maximum Gasteiger partial charge on any atom is 0.255 e. The number of carbonyl (C=O) groups is 1. The summed E-state index contributed by atoms with van der Waals surface area (Å²) in [6.45, 7) is 2.47. The van der Waals surface area contributed by atoms with Crippen LogP contribution in [-0.4, -0.2) is 42.1 Å². The lowest BCUT2D eigenvalue weighted by Crippen LogP contribution is -2.41. The van der Waals surface area contributed by atoms with Crippen molar-refractivity contribution in [2.24, 2.45) is 0 Å². The summed E-state index contributed by atoms with van der Waals surface area (Å²) in [7, 11) is 0. The Kier molecular flexibility index (Phi) is 4.45. The van der Waals surface area contributed by atoms with Gasteiger partial charge in [-0.05, 0) is 54.7 Å². The Morgan fingerprint density at radius 3 is 2.75 bits per heavy atom. The van der Waals surface area contributed by atoms with Crippen molar-refractivity contribution < 1.29 is 13.9 Å². The average molecular weight is 374 g/mol. The van der Waals surface area contributed by atoms with E-state index in [1.165, 1.54) is 0 Å². The minimum atomic E-state index is 0.0948. The lowest BCUT2D eigenvalue weighted by Gasteiger charge is -2.29. The van der Waals surface area contributed by atoms with Crippen LogP contribution >= 0.6 is 0 Å². The summed E-state index contributed by atoms with van der Waals surface area (Å²) in [4.78, 5) is 20.4. The number of aromatic nitrogens is 1. The second-order valence-corrected chi connectivity index (χ2v) is 7.27. The molecular weight excluding hydrogens is 352 g/mol. The van der Waals surface area contributed by atoms with Gasteiger partial charge in [-0.1, -0.05) is 18.2 Å². The van der Waals surface area contributed by atoms with E-state index in [2.05, 4.69) is 6.08 Å². The van der Waals surface area contributed by atoms with Gasteiger partial charge in [0.05, 0.1) is 36.3 Å². The molecule has 5 heteroatoms. The Hall–Kier alpha value is -2.92. The van der Waals surface area contributed by atoms with Crippen LogP contribution < -0.4 is 0 Å².